The molecular weight excluding hydrogens is 321 g/mol. The molecule has 1 aromatic carbocycles. The van der Waals surface area contributed by atoms with Crippen LogP contribution in [0.15, 0.2) is 42.6 Å². The molecule has 0 spiro atoms. The highest BCUT2D eigenvalue weighted by Crippen LogP contribution is 2.22. The second-order valence-electron chi connectivity index (χ2n) is 5.92. The lowest BCUT2D eigenvalue weighted by molar-refractivity contribution is -0.116. The molecule has 0 aliphatic carbocycles. The summed E-state index contributed by atoms with van der Waals surface area (Å²) in [5.41, 5.74) is 6.66. The summed E-state index contributed by atoms with van der Waals surface area (Å²) in [7, 11) is 0. The van der Waals surface area contributed by atoms with Gasteiger partial charge in [0.1, 0.15) is 11.6 Å². The Morgan fingerprint density at radius 3 is 2.48 bits per heavy atom. The molecule has 25 heavy (non-hydrogen) atoms. The first kappa shape index (κ1) is 17.2. The minimum atomic E-state index is -0.188. The van der Waals surface area contributed by atoms with Crippen LogP contribution >= 0.6 is 0 Å². The van der Waals surface area contributed by atoms with Crippen LogP contribution in [0.2, 0.25) is 0 Å². The van der Waals surface area contributed by atoms with Crippen molar-refractivity contribution in [1.29, 1.82) is 0 Å². The Kier molecular flexibility index (Phi) is 5.45. The Hall–Kier alpha value is -2.67. The van der Waals surface area contributed by atoms with Gasteiger partial charge in [0.25, 0.3) is 0 Å². The molecule has 0 radical (unpaired) electrons. The van der Waals surface area contributed by atoms with Crippen molar-refractivity contribution in [3.05, 3.63) is 48.4 Å². The molecule has 1 saturated heterocycles. The van der Waals surface area contributed by atoms with E-state index >= 15 is 0 Å². The summed E-state index contributed by atoms with van der Waals surface area (Å²) in [5, 5.41) is 2.76. The van der Waals surface area contributed by atoms with Crippen LogP contribution in [0.3, 0.4) is 0 Å². The molecule has 1 fully saturated rings. The number of piperazine rings is 1. The van der Waals surface area contributed by atoms with Crippen LogP contribution in [0.25, 0.3) is 0 Å². The highest BCUT2D eigenvalue weighted by molar-refractivity contribution is 5.90. The Bertz CT molecular complexity index is 714. The topological polar surface area (TPSA) is 74.5 Å². The Morgan fingerprint density at radius 2 is 1.84 bits per heavy atom. The number of benzene rings is 1. The lowest BCUT2D eigenvalue weighted by atomic mass is 10.2. The van der Waals surface area contributed by atoms with Crippen LogP contribution in [0.5, 0.6) is 0 Å². The first-order valence-corrected chi connectivity index (χ1v) is 8.38. The average molecular weight is 343 g/mol. The molecule has 6 nitrogen and oxygen atoms in total. The fourth-order valence-electron chi connectivity index (χ4n) is 2.89. The van der Waals surface area contributed by atoms with Crippen LogP contribution in [-0.2, 0) is 4.79 Å². The number of carbonyl (C=O) groups excluding carboxylic acids is 1. The summed E-state index contributed by atoms with van der Waals surface area (Å²) in [4.78, 5) is 20.2. The van der Waals surface area contributed by atoms with Gasteiger partial charge in [-0.3, -0.25) is 4.79 Å². The average Bonchev–Trinajstić information content (AvgIpc) is 2.63. The number of nitrogens with two attached hydrogens (primary N) is 1. The summed E-state index contributed by atoms with van der Waals surface area (Å²) in [6, 6.07) is 10.6. The number of hydrogen-bond donors (Lipinski definition) is 2. The zero-order chi connectivity index (χ0) is 17.6. The number of rotatable bonds is 5. The Morgan fingerprint density at radius 1 is 1.12 bits per heavy atom. The van der Waals surface area contributed by atoms with Crippen LogP contribution in [0.4, 0.5) is 21.6 Å². The van der Waals surface area contributed by atoms with Crippen LogP contribution < -0.4 is 20.9 Å². The van der Waals surface area contributed by atoms with Crippen molar-refractivity contribution in [2.45, 2.75) is 6.42 Å². The highest BCUT2D eigenvalue weighted by atomic mass is 19.1. The summed E-state index contributed by atoms with van der Waals surface area (Å²) in [5.74, 6) is 0.548. The van der Waals surface area contributed by atoms with Crippen molar-refractivity contribution < 1.29 is 9.18 Å². The maximum absolute atomic E-state index is 13.9. The van der Waals surface area contributed by atoms with Crippen LogP contribution in [0.1, 0.15) is 6.42 Å². The molecule has 1 aliphatic rings. The molecule has 0 bridgehead atoms. The minimum Gasteiger partial charge on any atom is -0.366 e. The molecule has 2 heterocycles. The van der Waals surface area contributed by atoms with Gasteiger partial charge in [0.2, 0.25) is 5.91 Å². The second-order valence-corrected chi connectivity index (χ2v) is 5.92. The fourth-order valence-corrected chi connectivity index (χ4v) is 2.89. The van der Waals surface area contributed by atoms with E-state index in [1.54, 1.807) is 12.3 Å². The minimum absolute atomic E-state index is 0.115. The molecule has 0 atom stereocenters. The molecule has 132 valence electrons. The van der Waals surface area contributed by atoms with E-state index in [1.165, 1.54) is 6.07 Å². The monoisotopic (exact) mass is 343 g/mol. The lowest BCUT2D eigenvalue weighted by Crippen LogP contribution is -2.47. The lowest BCUT2D eigenvalue weighted by Gasteiger charge is -2.36. The first-order valence-electron chi connectivity index (χ1n) is 8.38. The van der Waals surface area contributed by atoms with E-state index in [0.717, 1.165) is 32.0 Å². The third kappa shape index (κ3) is 4.24. The van der Waals surface area contributed by atoms with Gasteiger partial charge in [-0.15, -0.1) is 0 Å². The quantitative estimate of drug-likeness (QED) is 0.866. The van der Waals surface area contributed by atoms with E-state index < -0.39 is 0 Å². The third-order valence-corrected chi connectivity index (χ3v) is 4.20. The van der Waals surface area contributed by atoms with Gasteiger partial charge in [0.15, 0.2) is 0 Å². The molecule has 7 heteroatoms. The molecule has 0 saturated carbocycles. The van der Waals surface area contributed by atoms with Gasteiger partial charge in [-0.2, -0.15) is 0 Å². The van der Waals surface area contributed by atoms with Gasteiger partial charge in [-0.1, -0.05) is 12.1 Å². The van der Waals surface area contributed by atoms with Gasteiger partial charge in [-0.05, 0) is 24.3 Å². The number of pyridine rings is 1. The number of nitrogens with one attached hydrogen (secondary N) is 1. The maximum Gasteiger partial charge on any atom is 0.225 e. The summed E-state index contributed by atoms with van der Waals surface area (Å²) < 4.78 is 13.9. The summed E-state index contributed by atoms with van der Waals surface area (Å²) >= 11 is 0. The third-order valence-electron chi connectivity index (χ3n) is 4.20. The number of hydrogen-bond acceptors (Lipinski definition) is 5. The fraction of sp³-hybridized carbons (Fsp3) is 0.333. The predicted molar refractivity (Wildman–Crippen MR) is 97.4 cm³/mol. The number of para-hydroxylation sites is 1. The summed E-state index contributed by atoms with van der Waals surface area (Å²) in [6.45, 7) is 3.32. The number of aromatic nitrogens is 1. The van der Waals surface area contributed by atoms with Crippen molar-refractivity contribution >= 4 is 23.1 Å². The molecule has 0 unspecified atom stereocenters. The van der Waals surface area contributed by atoms with Crippen molar-refractivity contribution in [2.75, 3.05) is 47.8 Å². The van der Waals surface area contributed by atoms with E-state index in [9.17, 15) is 9.18 Å². The van der Waals surface area contributed by atoms with Gasteiger partial charge in [0, 0.05) is 39.1 Å². The van der Waals surface area contributed by atoms with Crippen molar-refractivity contribution in [2.24, 2.45) is 5.73 Å². The standard InChI is InChI=1S/C18H22FN5O/c19-15-3-1-2-4-16(15)23-9-11-24(12-10-23)17-6-5-14(13-21-17)22-18(25)7-8-20/h1-6,13H,7-12,20H2,(H,22,25). The van der Waals surface area contributed by atoms with E-state index in [4.69, 9.17) is 5.73 Å². The molecular formula is C18H22FN5O. The predicted octanol–water partition coefficient (Wildman–Crippen LogP) is 1.83. The number of anilines is 3. The van der Waals surface area contributed by atoms with Crippen molar-refractivity contribution in [3.63, 3.8) is 0 Å². The number of carbonyl (C=O) groups is 1. The van der Waals surface area contributed by atoms with Crippen molar-refractivity contribution in [3.8, 4) is 0 Å². The van der Waals surface area contributed by atoms with Gasteiger partial charge in [0.05, 0.1) is 17.6 Å². The van der Waals surface area contributed by atoms with E-state index in [1.807, 2.05) is 29.2 Å². The Balaban J connectivity index is 1.58. The summed E-state index contributed by atoms with van der Waals surface area (Å²) in [6.07, 6.45) is 1.94. The van der Waals surface area contributed by atoms with E-state index in [-0.39, 0.29) is 11.7 Å². The molecule has 1 amide bonds. The first-order chi connectivity index (χ1) is 12.2. The van der Waals surface area contributed by atoms with Crippen molar-refractivity contribution in [1.82, 2.24) is 4.98 Å². The Labute approximate surface area is 146 Å². The van der Waals surface area contributed by atoms with E-state index in [0.29, 0.717) is 24.3 Å². The molecule has 3 rings (SSSR count). The number of amides is 1. The van der Waals surface area contributed by atoms with Gasteiger partial charge in [-0.25, -0.2) is 9.37 Å². The number of halogens is 1. The molecule has 3 N–H and O–H groups in total. The van der Waals surface area contributed by atoms with E-state index in [2.05, 4.69) is 15.2 Å². The smallest absolute Gasteiger partial charge is 0.225 e. The molecule has 1 aromatic heterocycles. The zero-order valence-electron chi connectivity index (χ0n) is 14.0. The molecule has 1 aliphatic heterocycles. The SMILES string of the molecule is NCCC(=O)Nc1ccc(N2CCN(c3ccccc3F)CC2)nc1. The number of nitrogens with zero attached hydrogens (tertiary/aromatic N) is 3. The molecule has 2 aromatic rings. The maximum atomic E-state index is 13.9. The van der Waals surface area contributed by atoms with Gasteiger partial charge >= 0.3 is 0 Å². The normalized spacial score (nSPS) is 14.5. The zero-order valence-corrected chi connectivity index (χ0v) is 14.0. The van der Waals surface area contributed by atoms with Gasteiger partial charge < -0.3 is 20.9 Å². The largest absolute Gasteiger partial charge is 0.366 e. The highest BCUT2D eigenvalue weighted by Gasteiger charge is 2.20. The van der Waals surface area contributed by atoms with Crippen LogP contribution in [-0.4, -0.2) is 43.6 Å². The van der Waals surface area contributed by atoms with Crippen LogP contribution in [0, 0.1) is 5.82 Å². The second kappa shape index (κ2) is 7.94.